The molecule has 29 heavy (non-hydrogen) atoms. The molecule has 0 N–H and O–H groups in total. The molecular formula is C21H24NaO5PS. The molecule has 0 fully saturated rings. The summed E-state index contributed by atoms with van der Waals surface area (Å²) in [4.78, 5) is 14.2. The van der Waals surface area contributed by atoms with E-state index in [9.17, 15) is 9.46 Å². The van der Waals surface area contributed by atoms with Crippen LogP contribution in [-0.4, -0.2) is 13.7 Å². The van der Waals surface area contributed by atoms with E-state index in [4.69, 9.17) is 13.8 Å². The summed E-state index contributed by atoms with van der Waals surface area (Å²) < 4.78 is 28.4. The maximum absolute atomic E-state index is 12.4. The monoisotopic (exact) mass is 442 g/mol. The van der Waals surface area contributed by atoms with Gasteiger partial charge in [0.1, 0.15) is 11.5 Å². The molecule has 2 aromatic carbocycles. The summed E-state index contributed by atoms with van der Waals surface area (Å²) in [6.07, 6.45) is 5.49. The molecule has 0 saturated heterocycles. The number of unbranched alkanes of at least 4 members (excludes halogenated alkanes) is 3. The summed E-state index contributed by atoms with van der Waals surface area (Å²) in [6, 6.07) is 13.2. The molecule has 0 aliphatic carbocycles. The third kappa shape index (κ3) is 6.63. The van der Waals surface area contributed by atoms with E-state index in [1.54, 1.807) is 13.2 Å². The smallest absolute Gasteiger partial charge is 0.746 e. The van der Waals surface area contributed by atoms with Gasteiger partial charge < -0.3 is 18.7 Å². The first-order valence-electron chi connectivity index (χ1n) is 9.35. The Morgan fingerprint density at radius 2 is 1.86 bits per heavy atom. The molecule has 0 bridgehead atoms. The molecule has 1 heterocycles. The quantitative estimate of drug-likeness (QED) is 0.338. The van der Waals surface area contributed by atoms with Crippen LogP contribution in [0, 0.1) is 0 Å². The van der Waals surface area contributed by atoms with Crippen LogP contribution in [0.25, 0.3) is 11.8 Å². The Hall–Kier alpha value is -0.720. The first-order valence-corrected chi connectivity index (χ1v) is 11.6. The van der Waals surface area contributed by atoms with Crippen molar-refractivity contribution in [2.75, 3.05) is 13.7 Å². The largest absolute Gasteiger partial charge is 1.00 e. The molecule has 3 rings (SSSR count). The first kappa shape index (κ1) is 24.5. The number of hydrogen-bond acceptors (Lipinski definition) is 6. The van der Waals surface area contributed by atoms with Gasteiger partial charge in [-0.25, -0.2) is 0 Å². The van der Waals surface area contributed by atoms with Crippen molar-refractivity contribution in [2.45, 2.75) is 42.4 Å². The second-order valence-electron chi connectivity index (χ2n) is 6.42. The minimum Gasteiger partial charge on any atom is -0.746 e. The van der Waals surface area contributed by atoms with Crippen molar-refractivity contribution < 1.29 is 52.8 Å². The molecule has 1 aliphatic rings. The number of methoxy groups -OCH3 is 1. The summed E-state index contributed by atoms with van der Waals surface area (Å²) in [6.45, 7) is 2.23. The zero-order chi connectivity index (χ0) is 20.0. The Bertz CT molecular complexity index is 902. The SMILES string of the molecule is CCCCCCOP(=O)([O-])OC1=Cc2ccccc2Sc2c(OC)cccc21.[Na+]. The first-order chi connectivity index (χ1) is 13.5. The normalized spacial score (nSPS) is 14.4. The van der Waals surface area contributed by atoms with E-state index in [0.717, 1.165) is 34.6 Å². The molecule has 8 heteroatoms. The number of ether oxygens (including phenoxy) is 1. The van der Waals surface area contributed by atoms with Gasteiger partial charge >= 0.3 is 37.4 Å². The second-order valence-corrected chi connectivity index (χ2v) is 8.81. The fraction of sp³-hybridized carbons (Fsp3) is 0.333. The Balaban J connectivity index is 0.00000300. The molecule has 1 unspecified atom stereocenters. The third-order valence-electron chi connectivity index (χ3n) is 4.34. The van der Waals surface area contributed by atoms with Crippen LogP contribution in [0.2, 0.25) is 0 Å². The van der Waals surface area contributed by atoms with E-state index in [1.165, 1.54) is 11.8 Å². The van der Waals surface area contributed by atoms with Crippen LogP contribution in [0.15, 0.2) is 52.3 Å². The van der Waals surface area contributed by atoms with Crippen LogP contribution < -0.4 is 39.2 Å². The van der Waals surface area contributed by atoms with E-state index >= 15 is 0 Å². The average Bonchev–Trinajstić information content (AvgIpc) is 2.83. The van der Waals surface area contributed by atoms with Gasteiger partial charge in [-0.3, -0.25) is 4.57 Å². The van der Waals surface area contributed by atoms with Gasteiger partial charge in [0.2, 0.25) is 0 Å². The number of rotatable bonds is 9. The topological polar surface area (TPSA) is 67.8 Å². The minimum atomic E-state index is -4.49. The van der Waals surface area contributed by atoms with Gasteiger partial charge in [0.25, 0.3) is 0 Å². The van der Waals surface area contributed by atoms with Crippen molar-refractivity contribution >= 4 is 31.4 Å². The van der Waals surface area contributed by atoms with Gasteiger partial charge in [0, 0.05) is 10.5 Å². The minimum absolute atomic E-state index is 0. The van der Waals surface area contributed by atoms with Crippen LogP contribution >= 0.6 is 19.6 Å². The van der Waals surface area contributed by atoms with Crippen molar-refractivity contribution in [2.24, 2.45) is 0 Å². The number of benzene rings is 2. The van der Waals surface area contributed by atoms with Gasteiger partial charge in [0.15, 0.2) is 0 Å². The summed E-state index contributed by atoms with van der Waals surface area (Å²) in [5.41, 5.74) is 1.54. The Kier molecular flexibility index (Phi) is 9.83. The number of fused-ring (bicyclic) bond motifs is 2. The zero-order valence-corrected chi connectivity index (χ0v) is 20.8. The van der Waals surface area contributed by atoms with Gasteiger partial charge in [-0.05, 0) is 36.3 Å². The van der Waals surface area contributed by atoms with Crippen molar-refractivity contribution in [1.29, 1.82) is 0 Å². The van der Waals surface area contributed by atoms with Gasteiger partial charge in [0.05, 0.1) is 18.6 Å². The van der Waals surface area contributed by atoms with Crippen LogP contribution in [0.4, 0.5) is 0 Å². The van der Waals surface area contributed by atoms with E-state index < -0.39 is 7.82 Å². The molecule has 0 radical (unpaired) electrons. The molecule has 1 atom stereocenters. The van der Waals surface area contributed by atoms with E-state index in [1.807, 2.05) is 42.5 Å². The molecule has 0 saturated carbocycles. The molecular weight excluding hydrogens is 418 g/mol. The number of hydrogen-bond donors (Lipinski definition) is 0. The summed E-state index contributed by atoms with van der Waals surface area (Å²) in [5, 5.41) is 0. The van der Waals surface area contributed by atoms with Crippen LogP contribution in [0.5, 0.6) is 5.75 Å². The fourth-order valence-corrected chi connectivity index (χ4v) is 4.86. The summed E-state index contributed by atoms with van der Waals surface area (Å²) in [7, 11) is -2.90. The molecule has 150 valence electrons. The summed E-state index contributed by atoms with van der Waals surface area (Å²) in [5.74, 6) is 0.896. The molecule has 5 nitrogen and oxygen atoms in total. The number of phosphoric ester groups is 1. The zero-order valence-electron chi connectivity index (χ0n) is 17.1. The maximum atomic E-state index is 12.4. The predicted octanol–water partition coefficient (Wildman–Crippen LogP) is 2.74. The number of phosphoric acid groups is 1. The van der Waals surface area contributed by atoms with E-state index in [2.05, 4.69) is 6.92 Å². The Morgan fingerprint density at radius 3 is 2.62 bits per heavy atom. The van der Waals surface area contributed by atoms with E-state index in [-0.39, 0.29) is 41.9 Å². The second kappa shape index (κ2) is 11.6. The predicted molar refractivity (Wildman–Crippen MR) is 110 cm³/mol. The molecule has 0 aromatic heterocycles. The Labute approximate surface area is 198 Å². The Morgan fingerprint density at radius 1 is 1.07 bits per heavy atom. The van der Waals surface area contributed by atoms with Gasteiger partial charge in [-0.2, -0.15) is 0 Å². The van der Waals surface area contributed by atoms with Crippen LogP contribution in [0.3, 0.4) is 0 Å². The van der Waals surface area contributed by atoms with Crippen LogP contribution in [-0.2, 0) is 13.6 Å². The molecule has 2 aromatic rings. The van der Waals surface area contributed by atoms with Crippen molar-refractivity contribution in [3.63, 3.8) is 0 Å². The van der Waals surface area contributed by atoms with Crippen molar-refractivity contribution in [1.82, 2.24) is 0 Å². The van der Waals surface area contributed by atoms with Crippen molar-refractivity contribution in [3.8, 4) is 5.75 Å². The third-order valence-corrected chi connectivity index (χ3v) is 6.48. The van der Waals surface area contributed by atoms with E-state index in [0.29, 0.717) is 17.7 Å². The average molecular weight is 442 g/mol. The maximum Gasteiger partial charge on any atom is 1.00 e. The summed E-state index contributed by atoms with van der Waals surface area (Å²) >= 11 is 1.52. The molecule has 0 amide bonds. The van der Waals surface area contributed by atoms with Gasteiger partial charge in [-0.1, -0.05) is 62.2 Å². The molecule has 1 aliphatic heterocycles. The molecule has 0 spiro atoms. The van der Waals surface area contributed by atoms with Gasteiger partial charge in [-0.15, -0.1) is 0 Å². The fourth-order valence-electron chi connectivity index (χ4n) is 2.93. The van der Waals surface area contributed by atoms with Crippen molar-refractivity contribution in [3.05, 3.63) is 53.6 Å². The van der Waals surface area contributed by atoms with Crippen LogP contribution in [0.1, 0.15) is 43.7 Å². The standard InChI is InChI=1S/C21H25O5PS.Na/c1-3-4-5-8-14-25-27(22,23)26-19-15-16-10-6-7-13-20(16)28-21-17(19)11-9-12-18(21)24-2;/h6-7,9-13,15H,3-5,8,14H2,1-2H3,(H,22,23);/q;+1/p-1.